The van der Waals surface area contributed by atoms with Crippen LogP contribution in [0.15, 0.2) is 47.4 Å². The molecule has 0 spiro atoms. The molecule has 0 heterocycles. The minimum Gasteiger partial charge on any atom is -0.282 e. The van der Waals surface area contributed by atoms with Crippen molar-refractivity contribution in [2.24, 2.45) is 0 Å². The summed E-state index contributed by atoms with van der Waals surface area (Å²) in [4.78, 5) is -0.0457. The number of fused-ring (bicyclic) bond motifs is 1. The summed E-state index contributed by atoms with van der Waals surface area (Å²) in [6, 6.07) is 11.8. The molecule has 15 heavy (non-hydrogen) atoms. The molecule has 0 aromatic heterocycles. The Bertz CT molecular complexity index is 573. The van der Waals surface area contributed by atoms with Gasteiger partial charge in [0.1, 0.15) is 4.90 Å². The van der Waals surface area contributed by atoms with Crippen LogP contribution in [-0.4, -0.2) is 13.0 Å². The molecule has 0 aliphatic heterocycles. The molecule has 0 aliphatic rings. The van der Waals surface area contributed by atoms with E-state index in [4.69, 9.17) is 4.55 Å². The molecule has 0 saturated heterocycles. The zero-order valence-electron chi connectivity index (χ0n) is 7.62. The van der Waals surface area contributed by atoms with E-state index < -0.39 is 10.1 Å². The summed E-state index contributed by atoms with van der Waals surface area (Å²) in [7, 11) is -4.13. The van der Waals surface area contributed by atoms with Gasteiger partial charge in [0, 0.05) is 5.39 Å². The molecule has 80 valence electrons. The number of hydrogen-bond acceptors (Lipinski definition) is 2. The molecule has 0 bridgehead atoms. The Balaban J connectivity index is 0.00000112. The second-order valence-electron chi connectivity index (χ2n) is 2.95. The average Bonchev–Trinajstić information content (AvgIpc) is 2.15. The molecule has 5 heteroatoms. The molecular weight excluding hydrogens is 280 g/mol. The predicted molar refractivity (Wildman–Crippen MR) is 64.1 cm³/mol. The molecule has 0 amide bonds. The molecule has 1 N–H and O–H groups in total. The van der Waals surface area contributed by atoms with E-state index in [9.17, 15) is 8.42 Å². The standard InChI is InChI=1S/C10H8O3S.BrH/c11-14(12,13)10-7-3-5-8-4-1-2-6-9(8)10;/h1-7H,(H,11,12,13);1H. The maximum atomic E-state index is 11.0. The Morgan fingerprint density at radius 1 is 0.933 bits per heavy atom. The maximum Gasteiger partial charge on any atom is 0.295 e. The van der Waals surface area contributed by atoms with Gasteiger partial charge in [-0.2, -0.15) is 8.42 Å². The van der Waals surface area contributed by atoms with Crippen molar-refractivity contribution in [1.29, 1.82) is 0 Å². The lowest BCUT2D eigenvalue weighted by atomic mass is 10.1. The monoisotopic (exact) mass is 288 g/mol. The summed E-state index contributed by atoms with van der Waals surface area (Å²) in [5, 5.41) is 1.33. The average molecular weight is 289 g/mol. The van der Waals surface area contributed by atoms with Crippen molar-refractivity contribution >= 4 is 37.9 Å². The summed E-state index contributed by atoms with van der Waals surface area (Å²) >= 11 is 0. The van der Waals surface area contributed by atoms with Crippen molar-refractivity contribution < 1.29 is 13.0 Å². The summed E-state index contributed by atoms with van der Waals surface area (Å²) in [6.07, 6.45) is 0. The van der Waals surface area contributed by atoms with Gasteiger partial charge in [-0.3, -0.25) is 4.55 Å². The van der Waals surface area contributed by atoms with E-state index in [2.05, 4.69) is 0 Å². The van der Waals surface area contributed by atoms with Crippen LogP contribution >= 0.6 is 17.0 Å². The van der Waals surface area contributed by atoms with Crippen LogP contribution in [0, 0.1) is 0 Å². The van der Waals surface area contributed by atoms with Crippen molar-refractivity contribution in [2.45, 2.75) is 4.90 Å². The third kappa shape index (κ3) is 2.37. The van der Waals surface area contributed by atoms with E-state index in [0.29, 0.717) is 5.39 Å². The molecule has 2 aromatic carbocycles. The van der Waals surface area contributed by atoms with E-state index in [-0.39, 0.29) is 21.9 Å². The molecule has 2 rings (SSSR count). The summed E-state index contributed by atoms with van der Waals surface area (Å²) < 4.78 is 31.0. The highest BCUT2D eigenvalue weighted by molar-refractivity contribution is 8.93. The Kier molecular flexibility index (Phi) is 3.49. The molecule has 0 atom stereocenters. The minimum absolute atomic E-state index is 0. The predicted octanol–water partition coefficient (Wildman–Crippen LogP) is 2.66. The number of halogens is 1. The first kappa shape index (κ1) is 12.2. The fourth-order valence-electron chi connectivity index (χ4n) is 1.42. The molecular formula is C10H9BrO3S. The zero-order valence-corrected chi connectivity index (χ0v) is 10.2. The van der Waals surface area contributed by atoms with E-state index in [0.717, 1.165) is 5.39 Å². The van der Waals surface area contributed by atoms with Gasteiger partial charge in [-0.05, 0) is 11.5 Å². The quantitative estimate of drug-likeness (QED) is 0.821. The van der Waals surface area contributed by atoms with Crippen molar-refractivity contribution in [1.82, 2.24) is 0 Å². The van der Waals surface area contributed by atoms with Crippen LogP contribution in [0.5, 0.6) is 0 Å². The Morgan fingerprint density at radius 3 is 2.20 bits per heavy atom. The smallest absolute Gasteiger partial charge is 0.282 e. The lowest BCUT2D eigenvalue weighted by molar-refractivity contribution is 0.484. The van der Waals surface area contributed by atoms with Crippen LogP contribution in [0.4, 0.5) is 0 Å². The Labute approximate surface area is 98.3 Å². The Hall–Kier alpha value is -0.910. The second kappa shape index (κ2) is 4.30. The van der Waals surface area contributed by atoms with E-state index in [1.165, 1.54) is 6.07 Å². The third-order valence-electron chi connectivity index (χ3n) is 2.03. The van der Waals surface area contributed by atoms with Crippen LogP contribution in [0.2, 0.25) is 0 Å². The first-order valence-corrected chi connectivity index (χ1v) is 5.48. The SMILES string of the molecule is Br.O=S(=O)(O)c1cccc2ccccc12. The summed E-state index contributed by atoms with van der Waals surface area (Å²) in [6.45, 7) is 0. The number of benzene rings is 2. The van der Waals surface area contributed by atoms with Gasteiger partial charge in [0.2, 0.25) is 0 Å². The molecule has 3 nitrogen and oxygen atoms in total. The van der Waals surface area contributed by atoms with Gasteiger partial charge in [0.25, 0.3) is 10.1 Å². The van der Waals surface area contributed by atoms with Gasteiger partial charge in [-0.25, -0.2) is 0 Å². The highest BCUT2D eigenvalue weighted by atomic mass is 79.9. The summed E-state index contributed by atoms with van der Waals surface area (Å²) in [5.41, 5.74) is 0. The second-order valence-corrected chi connectivity index (χ2v) is 4.34. The lowest BCUT2D eigenvalue weighted by Gasteiger charge is -2.02. The van der Waals surface area contributed by atoms with Gasteiger partial charge in [0.05, 0.1) is 0 Å². The largest absolute Gasteiger partial charge is 0.295 e. The summed E-state index contributed by atoms with van der Waals surface area (Å²) in [5.74, 6) is 0. The minimum atomic E-state index is -4.13. The molecule has 2 aromatic rings. The van der Waals surface area contributed by atoms with Gasteiger partial charge in [-0.1, -0.05) is 36.4 Å². The molecule has 0 aliphatic carbocycles. The molecule has 0 unspecified atom stereocenters. The Morgan fingerprint density at radius 2 is 1.53 bits per heavy atom. The lowest BCUT2D eigenvalue weighted by Crippen LogP contribution is -1.98. The topological polar surface area (TPSA) is 54.4 Å². The van der Waals surface area contributed by atoms with Gasteiger partial charge >= 0.3 is 0 Å². The highest BCUT2D eigenvalue weighted by Crippen LogP contribution is 2.21. The van der Waals surface area contributed by atoms with Crippen LogP contribution in [-0.2, 0) is 10.1 Å². The third-order valence-corrected chi connectivity index (χ3v) is 2.94. The molecule has 0 radical (unpaired) electrons. The van der Waals surface area contributed by atoms with Gasteiger partial charge in [-0.15, -0.1) is 17.0 Å². The number of rotatable bonds is 1. The molecule has 0 fully saturated rings. The molecule has 0 saturated carbocycles. The van der Waals surface area contributed by atoms with Gasteiger partial charge < -0.3 is 0 Å². The van der Waals surface area contributed by atoms with Gasteiger partial charge in [0.15, 0.2) is 0 Å². The van der Waals surface area contributed by atoms with Crippen molar-refractivity contribution in [3.8, 4) is 0 Å². The maximum absolute atomic E-state index is 11.0. The normalized spacial score (nSPS) is 11.0. The van der Waals surface area contributed by atoms with E-state index >= 15 is 0 Å². The first-order chi connectivity index (χ1) is 6.59. The fraction of sp³-hybridized carbons (Fsp3) is 0. The zero-order chi connectivity index (χ0) is 10.2. The van der Waals surface area contributed by atoms with Crippen molar-refractivity contribution in [3.05, 3.63) is 42.5 Å². The van der Waals surface area contributed by atoms with Crippen LogP contribution in [0.1, 0.15) is 0 Å². The van der Waals surface area contributed by atoms with Crippen LogP contribution in [0.25, 0.3) is 10.8 Å². The van der Waals surface area contributed by atoms with Crippen LogP contribution < -0.4 is 0 Å². The van der Waals surface area contributed by atoms with E-state index in [1.807, 2.05) is 6.07 Å². The van der Waals surface area contributed by atoms with Crippen molar-refractivity contribution in [2.75, 3.05) is 0 Å². The van der Waals surface area contributed by atoms with Crippen molar-refractivity contribution in [3.63, 3.8) is 0 Å². The highest BCUT2D eigenvalue weighted by Gasteiger charge is 2.12. The number of hydrogen-bond donors (Lipinski definition) is 1. The van der Waals surface area contributed by atoms with E-state index in [1.54, 1.807) is 30.3 Å². The fourth-order valence-corrected chi connectivity index (χ4v) is 2.13. The van der Waals surface area contributed by atoms with Crippen LogP contribution in [0.3, 0.4) is 0 Å². The first-order valence-electron chi connectivity index (χ1n) is 4.04.